The number of fused-ring (bicyclic) bond motifs is 1. The number of nitriles is 1. The van der Waals surface area contributed by atoms with Crippen LogP contribution >= 0.6 is 0 Å². The monoisotopic (exact) mass is 202 g/mol. The molecule has 0 spiro atoms. The standard InChI is InChI=1S/C11H10N2O2/c1-13-9-5-3-2-4-8(9)11(15,6-7-12)10(13)14/h2-5,15H,6H2,1H3/t11-/m1/s1. The maximum absolute atomic E-state index is 11.8. The van der Waals surface area contributed by atoms with Crippen molar-refractivity contribution >= 4 is 11.6 Å². The molecule has 1 atom stereocenters. The molecule has 0 unspecified atom stereocenters. The molecule has 1 aliphatic heterocycles. The number of carbonyl (C=O) groups is 1. The van der Waals surface area contributed by atoms with Gasteiger partial charge in [0.05, 0.1) is 18.2 Å². The van der Waals surface area contributed by atoms with E-state index in [2.05, 4.69) is 0 Å². The molecule has 1 aliphatic rings. The third kappa shape index (κ3) is 1.14. The summed E-state index contributed by atoms with van der Waals surface area (Å²) in [5, 5.41) is 18.8. The molecule has 1 N–H and O–H groups in total. The molecular weight excluding hydrogens is 192 g/mol. The molecule has 1 aromatic carbocycles. The summed E-state index contributed by atoms with van der Waals surface area (Å²) < 4.78 is 0. The number of hydrogen-bond acceptors (Lipinski definition) is 3. The van der Waals surface area contributed by atoms with Gasteiger partial charge in [-0.2, -0.15) is 5.26 Å². The number of hydrogen-bond donors (Lipinski definition) is 1. The maximum Gasteiger partial charge on any atom is 0.264 e. The molecule has 4 nitrogen and oxygen atoms in total. The van der Waals surface area contributed by atoms with E-state index in [1.165, 1.54) is 4.90 Å². The fourth-order valence-electron chi connectivity index (χ4n) is 1.90. The Hall–Kier alpha value is -1.86. The lowest BCUT2D eigenvalue weighted by Crippen LogP contribution is -2.38. The highest BCUT2D eigenvalue weighted by atomic mass is 16.3. The van der Waals surface area contributed by atoms with E-state index in [0.29, 0.717) is 11.3 Å². The highest BCUT2D eigenvalue weighted by Crippen LogP contribution is 2.40. The van der Waals surface area contributed by atoms with Crippen LogP contribution in [-0.2, 0) is 10.4 Å². The quantitative estimate of drug-likeness (QED) is 0.731. The molecule has 0 fully saturated rings. The van der Waals surface area contributed by atoms with Crippen molar-refractivity contribution in [1.82, 2.24) is 0 Å². The fraction of sp³-hybridized carbons (Fsp3) is 0.273. The van der Waals surface area contributed by atoms with Gasteiger partial charge in [0, 0.05) is 12.6 Å². The highest BCUT2D eigenvalue weighted by Gasteiger charge is 2.48. The minimum atomic E-state index is -1.67. The van der Waals surface area contributed by atoms with E-state index in [1.54, 1.807) is 31.3 Å². The Bertz CT molecular complexity index is 464. The van der Waals surface area contributed by atoms with Gasteiger partial charge >= 0.3 is 0 Å². The molecule has 2 rings (SSSR count). The van der Waals surface area contributed by atoms with Crippen LogP contribution in [0.15, 0.2) is 24.3 Å². The Kier molecular flexibility index (Phi) is 1.98. The molecule has 76 valence electrons. The maximum atomic E-state index is 11.8. The summed E-state index contributed by atoms with van der Waals surface area (Å²) in [6.45, 7) is 0. The molecule has 0 aliphatic carbocycles. The normalized spacial score (nSPS) is 23.8. The first-order chi connectivity index (χ1) is 7.11. The van der Waals surface area contributed by atoms with Crippen LogP contribution in [0.2, 0.25) is 0 Å². The third-order valence-electron chi connectivity index (χ3n) is 2.70. The summed E-state index contributed by atoms with van der Waals surface area (Å²) in [5.74, 6) is -0.440. The smallest absolute Gasteiger partial charge is 0.264 e. The first-order valence-corrected chi connectivity index (χ1v) is 4.58. The Balaban J connectivity index is 2.62. The van der Waals surface area contributed by atoms with E-state index in [0.717, 1.165) is 0 Å². The minimum Gasteiger partial charge on any atom is -0.374 e. The lowest BCUT2D eigenvalue weighted by Gasteiger charge is -2.17. The number of likely N-dealkylation sites (N-methyl/N-ethyl adjacent to an activating group) is 1. The molecule has 1 amide bonds. The molecule has 0 saturated carbocycles. The van der Waals surface area contributed by atoms with Crippen molar-refractivity contribution in [3.8, 4) is 6.07 Å². The summed E-state index contributed by atoms with van der Waals surface area (Å²) in [6.07, 6.45) is -0.215. The van der Waals surface area contributed by atoms with E-state index < -0.39 is 11.5 Å². The van der Waals surface area contributed by atoms with Gasteiger partial charge in [-0.05, 0) is 6.07 Å². The lowest BCUT2D eigenvalue weighted by atomic mass is 9.93. The Morgan fingerprint density at radius 3 is 2.87 bits per heavy atom. The van der Waals surface area contributed by atoms with Gasteiger partial charge < -0.3 is 10.0 Å². The number of anilines is 1. The number of rotatable bonds is 1. The van der Waals surface area contributed by atoms with Crippen LogP contribution in [0.25, 0.3) is 0 Å². The molecule has 15 heavy (non-hydrogen) atoms. The number of amides is 1. The van der Waals surface area contributed by atoms with Crippen LogP contribution in [0, 0.1) is 11.3 Å². The second-order valence-corrected chi connectivity index (χ2v) is 3.58. The predicted octanol–water partition coefficient (Wildman–Crippen LogP) is 0.764. The van der Waals surface area contributed by atoms with Crippen molar-refractivity contribution in [3.63, 3.8) is 0 Å². The molecule has 1 aromatic rings. The van der Waals surface area contributed by atoms with E-state index in [4.69, 9.17) is 5.26 Å². The van der Waals surface area contributed by atoms with E-state index in [9.17, 15) is 9.90 Å². The van der Waals surface area contributed by atoms with Gasteiger partial charge in [0.25, 0.3) is 5.91 Å². The fourth-order valence-corrected chi connectivity index (χ4v) is 1.90. The van der Waals surface area contributed by atoms with Gasteiger partial charge in [-0.25, -0.2) is 0 Å². The van der Waals surface area contributed by atoms with E-state index >= 15 is 0 Å². The van der Waals surface area contributed by atoms with Gasteiger partial charge in [-0.15, -0.1) is 0 Å². The molecule has 0 radical (unpaired) electrons. The molecule has 0 saturated heterocycles. The Morgan fingerprint density at radius 2 is 2.20 bits per heavy atom. The number of para-hydroxylation sites is 1. The van der Waals surface area contributed by atoms with Gasteiger partial charge in [-0.1, -0.05) is 18.2 Å². The second kappa shape index (κ2) is 3.07. The van der Waals surface area contributed by atoms with E-state index in [1.807, 2.05) is 6.07 Å². The number of nitrogens with zero attached hydrogens (tertiary/aromatic N) is 2. The Morgan fingerprint density at radius 1 is 1.53 bits per heavy atom. The van der Waals surface area contributed by atoms with Crippen LogP contribution in [0.1, 0.15) is 12.0 Å². The van der Waals surface area contributed by atoms with Gasteiger partial charge in [0.2, 0.25) is 0 Å². The molecule has 0 aromatic heterocycles. The molecular formula is C11H10N2O2. The predicted molar refractivity (Wildman–Crippen MR) is 54.0 cm³/mol. The van der Waals surface area contributed by atoms with Gasteiger partial charge in [0.1, 0.15) is 0 Å². The van der Waals surface area contributed by atoms with Crippen LogP contribution in [-0.4, -0.2) is 18.1 Å². The zero-order valence-electron chi connectivity index (χ0n) is 8.27. The average Bonchev–Trinajstić information content (AvgIpc) is 2.43. The lowest BCUT2D eigenvalue weighted by molar-refractivity contribution is -0.135. The van der Waals surface area contributed by atoms with Crippen molar-refractivity contribution in [3.05, 3.63) is 29.8 Å². The van der Waals surface area contributed by atoms with E-state index in [-0.39, 0.29) is 6.42 Å². The van der Waals surface area contributed by atoms with Gasteiger partial charge in [-0.3, -0.25) is 4.79 Å². The highest BCUT2D eigenvalue weighted by molar-refractivity contribution is 6.06. The van der Waals surface area contributed by atoms with Crippen LogP contribution in [0.3, 0.4) is 0 Å². The van der Waals surface area contributed by atoms with Crippen LogP contribution in [0.5, 0.6) is 0 Å². The third-order valence-corrected chi connectivity index (χ3v) is 2.70. The summed E-state index contributed by atoms with van der Waals surface area (Å²) >= 11 is 0. The summed E-state index contributed by atoms with van der Waals surface area (Å²) in [4.78, 5) is 13.2. The van der Waals surface area contributed by atoms with Crippen molar-refractivity contribution < 1.29 is 9.90 Å². The van der Waals surface area contributed by atoms with Crippen LogP contribution in [0.4, 0.5) is 5.69 Å². The largest absolute Gasteiger partial charge is 0.374 e. The first kappa shape index (κ1) is 9.69. The minimum absolute atomic E-state index is 0.215. The number of carbonyl (C=O) groups excluding carboxylic acids is 1. The Labute approximate surface area is 87.4 Å². The van der Waals surface area contributed by atoms with Crippen molar-refractivity contribution in [2.45, 2.75) is 12.0 Å². The summed E-state index contributed by atoms with van der Waals surface area (Å²) in [5.41, 5.74) is -0.487. The SMILES string of the molecule is CN1C(=O)[C@@](O)(CC#N)c2ccccc21. The molecule has 4 heteroatoms. The summed E-state index contributed by atoms with van der Waals surface area (Å²) in [7, 11) is 1.59. The van der Waals surface area contributed by atoms with Crippen molar-refractivity contribution in [1.29, 1.82) is 5.26 Å². The molecule has 1 heterocycles. The molecule has 0 bridgehead atoms. The first-order valence-electron chi connectivity index (χ1n) is 4.58. The zero-order valence-corrected chi connectivity index (χ0v) is 8.27. The van der Waals surface area contributed by atoms with Crippen molar-refractivity contribution in [2.24, 2.45) is 0 Å². The number of aliphatic hydroxyl groups is 1. The zero-order chi connectivity index (χ0) is 11.1. The summed E-state index contributed by atoms with van der Waals surface area (Å²) in [6, 6.07) is 8.81. The van der Waals surface area contributed by atoms with Gasteiger partial charge in [0.15, 0.2) is 5.60 Å². The van der Waals surface area contributed by atoms with Crippen LogP contribution < -0.4 is 4.90 Å². The number of benzene rings is 1. The topological polar surface area (TPSA) is 64.3 Å². The van der Waals surface area contributed by atoms with Crippen molar-refractivity contribution in [2.75, 3.05) is 11.9 Å². The second-order valence-electron chi connectivity index (χ2n) is 3.58. The average molecular weight is 202 g/mol.